The molecule has 0 atom stereocenters. The van der Waals surface area contributed by atoms with Gasteiger partial charge in [-0.2, -0.15) is 4.99 Å². The number of anilines is 1. The molecule has 0 unspecified atom stereocenters. The van der Waals surface area contributed by atoms with Gasteiger partial charge in [0.15, 0.2) is 0 Å². The first kappa shape index (κ1) is 18.3. The Labute approximate surface area is 162 Å². The van der Waals surface area contributed by atoms with Crippen molar-refractivity contribution in [3.8, 4) is 11.3 Å². The first-order valence-electron chi connectivity index (χ1n) is 9.34. The molecule has 1 saturated carbocycles. The summed E-state index contributed by atoms with van der Waals surface area (Å²) >= 11 is 0. The van der Waals surface area contributed by atoms with Crippen molar-refractivity contribution in [1.29, 1.82) is 0 Å². The van der Waals surface area contributed by atoms with Crippen molar-refractivity contribution in [1.82, 2.24) is 4.98 Å². The van der Waals surface area contributed by atoms with Gasteiger partial charge in [-0.25, -0.2) is 18.8 Å². The molecule has 8 heteroatoms. The molecule has 1 fully saturated rings. The molecule has 0 bridgehead atoms. The minimum absolute atomic E-state index is 0.209. The summed E-state index contributed by atoms with van der Waals surface area (Å²) in [5.41, 5.74) is 13.5. The number of guanidine groups is 2. The molecular formula is C20H22F2N6. The number of hydrogen-bond donors (Lipinski definition) is 2. The molecule has 4 rings (SSSR count). The third-order valence-electron chi connectivity index (χ3n) is 5.27. The molecule has 1 spiro atoms. The molecule has 2 aliphatic rings. The van der Waals surface area contributed by atoms with Gasteiger partial charge in [-0.05, 0) is 49.9 Å². The van der Waals surface area contributed by atoms with E-state index in [0.29, 0.717) is 11.7 Å². The van der Waals surface area contributed by atoms with E-state index in [0.717, 1.165) is 43.4 Å². The van der Waals surface area contributed by atoms with E-state index in [2.05, 4.69) is 15.0 Å². The monoisotopic (exact) mass is 384 g/mol. The summed E-state index contributed by atoms with van der Waals surface area (Å²) in [6, 6.07) is 12.1. The second-order valence-corrected chi connectivity index (χ2v) is 7.11. The van der Waals surface area contributed by atoms with Gasteiger partial charge in [-0.15, -0.1) is 0 Å². The van der Waals surface area contributed by atoms with Gasteiger partial charge in [0, 0.05) is 11.3 Å². The number of pyridine rings is 1. The molecule has 1 aliphatic carbocycles. The molecule has 4 N–H and O–H groups in total. The molecule has 28 heavy (non-hydrogen) atoms. The molecule has 2 heterocycles. The number of alkyl halides is 2. The lowest BCUT2D eigenvalue weighted by Crippen LogP contribution is -2.58. The number of hydrogen-bond acceptors (Lipinski definition) is 6. The highest BCUT2D eigenvalue weighted by Gasteiger charge is 2.42. The van der Waals surface area contributed by atoms with Crippen molar-refractivity contribution in [3.05, 3.63) is 48.2 Å². The Balaban J connectivity index is 1.68. The number of nitrogens with two attached hydrogens (primary N) is 2. The fraction of sp³-hybridized carbons (Fsp3) is 0.350. The van der Waals surface area contributed by atoms with Gasteiger partial charge < -0.3 is 11.5 Å². The van der Waals surface area contributed by atoms with Crippen molar-refractivity contribution in [2.75, 3.05) is 4.90 Å². The second-order valence-electron chi connectivity index (χ2n) is 7.11. The summed E-state index contributed by atoms with van der Waals surface area (Å²) in [7, 11) is 0. The van der Waals surface area contributed by atoms with E-state index in [1.165, 1.54) is 6.07 Å². The topological polar surface area (TPSA) is 92.9 Å². The minimum atomic E-state index is -2.60. The highest BCUT2D eigenvalue weighted by atomic mass is 19.3. The first-order chi connectivity index (χ1) is 13.5. The Morgan fingerprint density at radius 3 is 2.36 bits per heavy atom. The molecule has 2 aromatic rings. The highest BCUT2D eigenvalue weighted by molar-refractivity contribution is 6.05. The average molecular weight is 384 g/mol. The normalized spacial score (nSPS) is 18.9. The van der Waals surface area contributed by atoms with Gasteiger partial charge in [0.25, 0.3) is 6.43 Å². The highest BCUT2D eigenvalue weighted by Crippen LogP contribution is 2.39. The quantitative estimate of drug-likeness (QED) is 0.842. The van der Waals surface area contributed by atoms with Crippen LogP contribution in [0.3, 0.4) is 0 Å². The fourth-order valence-corrected chi connectivity index (χ4v) is 4.01. The number of rotatable bonds is 3. The van der Waals surface area contributed by atoms with Crippen LogP contribution in [0.2, 0.25) is 0 Å². The standard InChI is InChI=1S/C20H22F2N6/c21-17(22)16-6-4-5-15(25-16)13-7-9-14(10-8-13)28-19(24)26-18(23)27-20(28)11-2-1-3-12-20/h4-10,17H,1-3,11-12H2,(H4,23,24,26,27). The second kappa shape index (κ2) is 7.18. The van der Waals surface area contributed by atoms with Crippen LogP contribution in [-0.4, -0.2) is 22.6 Å². The van der Waals surface area contributed by atoms with Crippen LogP contribution in [0.25, 0.3) is 11.3 Å². The van der Waals surface area contributed by atoms with E-state index in [4.69, 9.17) is 11.5 Å². The van der Waals surface area contributed by atoms with E-state index < -0.39 is 12.1 Å². The van der Waals surface area contributed by atoms with E-state index in [-0.39, 0.29) is 11.7 Å². The number of aliphatic imine (C=N–C) groups is 2. The van der Waals surface area contributed by atoms with Gasteiger partial charge in [0.05, 0.1) is 5.69 Å². The molecule has 0 amide bonds. The molecule has 0 radical (unpaired) electrons. The molecule has 0 saturated heterocycles. The Bertz CT molecular complexity index is 917. The number of benzene rings is 1. The molecule has 1 aliphatic heterocycles. The Morgan fingerprint density at radius 1 is 0.964 bits per heavy atom. The minimum Gasteiger partial charge on any atom is -0.369 e. The molecule has 1 aromatic heterocycles. The fourth-order valence-electron chi connectivity index (χ4n) is 4.01. The Hall–Kier alpha value is -3.03. The third-order valence-corrected chi connectivity index (χ3v) is 5.27. The van der Waals surface area contributed by atoms with Crippen molar-refractivity contribution < 1.29 is 8.78 Å². The van der Waals surface area contributed by atoms with Crippen LogP contribution >= 0.6 is 0 Å². The van der Waals surface area contributed by atoms with Gasteiger partial charge in [-0.3, -0.25) is 4.90 Å². The zero-order valence-corrected chi connectivity index (χ0v) is 15.4. The molecule has 6 nitrogen and oxygen atoms in total. The zero-order chi connectivity index (χ0) is 19.7. The lowest BCUT2D eigenvalue weighted by Gasteiger charge is -2.45. The van der Waals surface area contributed by atoms with Crippen molar-refractivity contribution in [2.45, 2.75) is 44.2 Å². The summed E-state index contributed by atoms with van der Waals surface area (Å²) in [5, 5.41) is 0. The van der Waals surface area contributed by atoms with Crippen LogP contribution < -0.4 is 16.4 Å². The van der Waals surface area contributed by atoms with Crippen LogP contribution in [0.15, 0.2) is 52.4 Å². The largest absolute Gasteiger partial charge is 0.369 e. The summed E-state index contributed by atoms with van der Waals surface area (Å²) in [6.45, 7) is 0. The maximum absolute atomic E-state index is 12.9. The summed E-state index contributed by atoms with van der Waals surface area (Å²) in [6.07, 6.45) is 2.35. The van der Waals surface area contributed by atoms with Crippen LogP contribution in [0, 0.1) is 0 Å². The Morgan fingerprint density at radius 2 is 1.68 bits per heavy atom. The number of nitrogens with zero attached hydrogens (tertiary/aromatic N) is 4. The number of halogens is 2. The van der Waals surface area contributed by atoms with Gasteiger partial charge in [0.2, 0.25) is 11.9 Å². The van der Waals surface area contributed by atoms with Crippen molar-refractivity contribution in [3.63, 3.8) is 0 Å². The van der Waals surface area contributed by atoms with Gasteiger partial charge in [0.1, 0.15) is 11.4 Å². The van der Waals surface area contributed by atoms with Crippen molar-refractivity contribution >= 4 is 17.6 Å². The predicted octanol–water partition coefficient (Wildman–Crippen LogP) is 3.80. The van der Waals surface area contributed by atoms with E-state index in [1.807, 2.05) is 29.2 Å². The molecular weight excluding hydrogens is 362 g/mol. The van der Waals surface area contributed by atoms with Gasteiger partial charge >= 0.3 is 0 Å². The molecule has 1 aromatic carbocycles. The van der Waals surface area contributed by atoms with E-state index in [9.17, 15) is 8.78 Å². The first-order valence-corrected chi connectivity index (χ1v) is 9.34. The van der Waals surface area contributed by atoms with Gasteiger partial charge in [-0.1, -0.05) is 24.6 Å². The van der Waals surface area contributed by atoms with Crippen LogP contribution in [-0.2, 0) is 0 Å². The van der Waals surface area contributed by atoms with Crippen LogP contribution in [0.1, 0.15) is 44.2 Å². The maximum atomic E-state index is 12.9. The third kappa shape index (κ3) is 3.30. The average Bonchev–Trinajstić information content (AvgIpc) is 2.68. The maximum Gasteiger partial charge on any atom is 0.280 e. The lowest BCUT2D eigenvalue weighted by atomic mass is 9.87. The predicted molar refractivity (Wildman–Crippen MR) is 106 cm³/mol. The Kier molecular flexibility index (Phi) is 4.70. The van der Waals surface area contributed by atoms with E-state index in [1.54, 1.807) is 12.1 Å². The van der Waals surface area contributed by atoms with E-state index >= 15 is 0 Å². The zero-order valence-electron chi connectivity index (χ0n) is 15.4. The SMILES string of the molecule is NC1=NC2(CCCCC2)N(c2ccc(-c3cccc(C(F)F)n3)cc2)C(N)=N1. The summed E-state index contributed by atoms with van der Waals surface area (Å²) in [4.78, 5) is 14.8. The van der Waals surface area contributed by atoms with Crippen LogP contribution in [0.4, 0.5) is 14.5 Å². The smallest absolute Gasteiger partial charge is 0.280 e. The summed E-state index contributed by atoms with van der Waals surface area (Å²) < 4.78 is 25.9. The van der Waals surface area contributed by atoms with Crippen molar-refractivity contribution in [2.24, 2.45) is 21.5 Å². The molecule has 146 valence electrons. The van der Waals surface area contributed by atoms with Crippen LogP contribution in [0.5, 0.6) is 0 Å². The number of aromatic nitrogens is 1. The lowest BCUT2D eigenvalue weighted by molar-refractivity contribution is 0.146. The summed E-state index contributed by atoms with van der Waals surface area (Å²) in [5.74, 6) is 0.528.